The molecule has 0 saturated heterocycles. The van der Waals surface area contributed by atoms with Crippen LogP contribution in [0, 0.1) is 11.3 Å². The second kappa shape index (κ2) is 5.28. The Morgan fingerprint density at radius 1 is 1.69 bits per heavy atom. The van der Waals surface area contributed by atoms with Crippen molar-refractivity contribution < 1.29 is 14.3 Å². The molecule has 1 aliphatic rings. The van der Waals surface area contributed by atoms with Crippen molar-refractivity contribution in [2.75, 3.05) is 6.61 Å². The highest BCUT2D eigenvalue weighted by molar-refractivity contribution is 5.87. The van der Waals surface area contributed by atoms with Crippen molar-refractivity contribution in [2.45, 2.75) is 39.5 Å². The van der Waals surface area contributed by atoms with Gasteiger partial charge in [0.05, 0.1) is 13.0 Å². The largest absolute Gasteiger partial charge is 0.466 e. The molecule has 0 aromatic heterocycles. The zero-order chi connectivity index (χ0) is 12.2. The minimum atomic E-state index is -0.282. The van der Waals surface area contributed by atoms with Crippen molar-refractivity contribution in [3.63, 3.8) is 0 Å². The van der Waals surface area contributed by atoms with Crippen molar-refractivity contribution >= 4 is 11.8 Å². The van der Waals surface area contributed by atoms with Gasteiger partial charge < -0.3 is 4.74 Å². The molecule has 0 spiro atoms. The van der Waals surface area contributed by atoms with Gasteiger partial charge in [0.25, 0.3) is 0 Å². The Balaban J connectivity index is 2.75. The number of ether oxygens (including phenoxy) is 1. The molecule has 3 heteroatoms. The molecule has 1 rings (SSSR count). The lowest BCUT2D eigenvalue weighted by Gasteiger charge is -2.37. The van der Waals surface area contributed by atoms with E-state index in [0.717, 1.165) is 12.8 Å². The lowest BCUT2D eigenvalue weighted by Crippen LogP contribution is -2.37. The van der Waals surface area contributed by atoms with Crippen LogP contribution >= 0.6 is 0 Å². The number of carbonyl (C=O) groups is 2. The summed E-state index contributed by atoms with van der Waals surface area (Å²) in [5, 5.41) is 0. The topological polar surface area (TPSA) is 43.4 Å². The number of esters is 1. The number of carbonyl (C=O) groups excluding carboxylic acids is 2. The number of ketones is 1. The van der Waals surface area contributed by atoms with E-state index in [4.69, 9.17) is 4.74 Å². The lowest BCUT2D eigenvalue weighted by atomic mass is 9.66. The Kier molecular flexibility index (Phi) is 4.27. The first kappa shape index (κ1) is 12.9. The Morgan fingerprint density at radius 3 is 2.94 bits per heavy atom. The predicted octanol–water partition coefficient (Wildman–Crippen LogP) is 2.50. The van der Waals surface area contributed by atoms with Gasteiger partial charge in [-0.25, -0.2) is 0 Å². The van der Waals surface area contributed by atoms with E-state index in [0.29, 0.717) is 13.0 Å². The second-order valence-electron chi connectivity index (χ2n) is 4.59. The first-order chi connectivity index (χ1) is 7.53. The van der Waals surface area contributed by atoms with Crippen molar-refractivity contribution in [2.24, 2.45) is 11.3 Å². The van der Waals surface area contributed by atoms with Gasteiger partial charge in [-0.1, -0.05) is 13.0 Å². The van der Waals surface area contributed by atoms with Gasteiger partial charge >= 0.3 is 5.97 Å². The van der Waals surface area contributed by atoms with Crippen molar-refractivity contribution in [3.05, 3.63) is 12.7 Å². The summed E-state index contributed by atoms with van der Waals surface area (Å²) in [4.78, 5) is 23.3. The van der Waals surface area contributed by atoms with Gasteiger partial charge in [-0.05, 0) is 25.2 Å². The zero-order valence-corrected chi connectivity index (χ0v) is 10.1. The van der Waals surface area contributed by atoms with Gasteiger partial charge in [-0.3, -0.25) is 9.59 Å². The number of Topliss-reactive ketones (excluding diaryl/α,β-unsaturated/α-hetero) is 1. The standard InChI is InChI=1S/C13H20O3/c1-4-13(3)8-6-7-11(14)10(13)9-12(15)16-5-2/h4,10H,1,5-9H2,2-3H3/t10-,13-/m1/s1. The monoisotopic (exact) mass is 224 g/mol. The van der Waals surface area contributed by atoms with Gasteiger partial charge in [0, 0.05) is 12.3 Å². The second-order valence-corrected chi connectivity index (χ2v) is 4.59. The molecule has 0 bridgehead atoms. The highest BCUT2D eigenvalue weighted by Gasteiger charge is 2.40. The van der Waals surface area contributed by atoms with Gasteiger partial charge in [-0.2, -0.15) is 0 Å². The molecule has 16 heavy (non-hydrogen) atoms. The summed E-state index contributed by atoms with van der Waals surface area (Å²) in [5.41, 5.74) is -0.248. The Bertz CT molecular complexity index is 296. The maximum Gasteiger partial charge on any atom is 0.306 e. The molecule has 0 unspecified atom stereocenters. The van der Waals surface area contributed by atoms with E-state index >= 15 is 0 Å². The molecule has 90 valence electrons. The van der Waals surface area contributed by atoms with Crippen LogP contribution in [0.15, 0.2) is 12.7 Å². The quantitative estimate of drug-likeness (QED) is 0.544. The van der Waals surface area contributed by atoms with Gasteiger partial charge in [0.1, 0.15) is 5.78 Å². The zero-order valence-electron chi connectivity index (χ0n) is 10.1. The van der Waals surface area contributed by atoms with Crippen LogP contribution in [0.3, 0.4) is 0 Å². The predicted molar refractivity (Wildman–Crippen MR) is 61.9 cm³/mol. The first-order valence-corrected chi connectivity index (χ1v) is 5.85. The van der Waals surface area contributed by atoms with E-state index in [9.17, 15) is 9.59 Å². The average Bonchev–Trinajstić information content (AvgIpc) is 2.24. The average molecular weight is 224 g/mol. The van der Waals surface area contributed by atoms with E-state index in [-0.39, 0.29) is 29.5 Å². The van der Waals surface area contributed by atoms with Crippen LogP contribution in [0.25, 0.3) is 0 Å². The molecule has 2 atom stereocenters. The molecular weight excluding hydrogens is 204 g/mol. The van der Waals surface area contributed by atoms with Crippen LogP contribution in [-0.2, 0) is 14.3 Å². The van der Waals surface area contributed by atoms with E-state index in [1.165, 1.54) is 0 Å². The Hall–Kier alpha value is -1.12. The summed E-state index contributed by atoms with van der Waals surface area (Å²) < 4.78 is 4.91. The minimum Gasteiger partial charge on any atom is -0.466 e. The molecule has 0 aromatic carbocycles. The third kappa shape index (κ3) is 2.71. The van der Waals surface area contributed by atoms with Gasteiger partial charge in [-0.15, -0.1) is 6.58 Å². The molecule has 1 fully saturated rings. The number of rotatable bonds is 4. The third-order valence-electron chi connectivity index (χ3n) is 3.47. The number of allylic oxidation sites excluding steroid dienone is 1. The van der Waals surface area contributed by atoms with Crippen LogP contribution in [0.5, 0.6) is 0 Å². The van der Waals surface area contributed by atoms with Crippen LogP contribution in [0.2, 0.25) is 0 Å². The van der Waals surface area contributed by atoms with Gasteiger partial charge in [0.15, 0.2) is 0 Å². The smallest absolute Gasteiger partial charge is 0.306 e. The molecular formula is C13H20O3. The van der Waals surface area contributed by atoms with Gasteiger partial charge in [0.2, 0.25) is 0 Å². The van der Waals surface area contributed by atoms with Crippen LogP contribution in [0.4, 0.5) is 0 Å². The minimum absolute atomic E-state index is 0.168. The van der Waals surface area contributed by atoms with Crippen LogP contribution < -0.4 is 0 Å². The molecule has 0 heterocycles. The molecule has 0 aromatic rings. The van der Waals surface area contributed by atoms with E-state index in [1.54, 1.807) is 6.92 Å². The summed E-state index contributed by atoms with van der Waals surface area (Å²) >= 11 is 0. The maximum absolute atomic E-state index is 11.9. The molecule has 0 aliphatic heterocycles. The highest BCUT2D eigenvalue weighted by Crippen LogP contribution is 2.41. The molecule has 1 aliphatic carbocycles. The van der Waals surface area contributed by atoms with Crippen LogP contribution in [-0.4, -0.2) is 18.4 Å². The lowest BCUT2D eigenvalue weighted by molar-refractivity contribution is -0.148. The molecule has 0 radical (unpaired) electrons. The SMILES string of the molecule is C=C[C@]1(C)CCCC(=O)[C@H]1CC(=O)OCC. The third-order valence-corrected chi connectivity index (χ3v) is 3.47. The maximum atomic E-state index is 11.9. The highest BCUT2D eigenvalue weighted by atomic mass is 16.5. The van der Waals surface area contributed by atoms with E-state index in [1.807, 2.05) is 13.0 Å². The fourth-order valence-electron chi connectivity index (χ4n) is 2.34. The summed E-state index contributed by atoms with van der Waals surface area (Å²) in [7, 11) is 0. The number of hydrogen-bond acceptors (Lipinski definition) is 3. The summed E-state index contributed by atoms with van der Waals surface area (Å²) in [6, 6.07) is 0. The van der Waals surface area contributed by atoms with Crippen molar-refractivity contribution in [1.82, 2.24) is 0 Å². The summed E-state index contributed by atoms with van der Waals surface area (Å²) in [5.74, 6) is -0.365. The van der Waals surface area contributed by atoms with E-state index < -0.39 is 0 Å². The van der Waals surface area contributed by atoms with Crippen LogP contribution in [0.1, 0.15) is 39.5 Å². The summed E-state index contributed by atoms with van der Waals surface area (Å²) in [6.45, 7) is 7.93. The molecule has 1 saturated carbocycles. The Morgan fingerprint density at radius 2 is 2.38 bits per heavy atom. The summed E-state index contributed by atoms with van der Waals surface area (Å²) in [6.07, 6.45) is 4.39. The van der Waals surface area contributed by atoms with Crippen molar-refractivity contribution in [1.29, 1.82) is 0 Å². The first-order valence-electron chi connectivity index (χ1n) is 5.85. The Labute approximate surface area is 96.9 Å². The molecule has 0 N–H and O–H groups in total. The number of hydrogen-bond donors (Lipinski definition) is 0. The normalized spacial score (nSPS) is 29.9. The fourth-order valence-corrected chi connectivity index (χ4v) is 2.34. The van der Waals surface area contributed by atoms with E-state index in [2.05, 4.69) is 6.58 Å². The fraction of sp³-hybridized carbons (Fsp3) is 0.692. The molecule has 3 nitrogen and oxygen atoms in total. The van der Waals surface area contributed by atoms with Crippen molar-refractivity contribution in [3.8, 4) is 0 Å². The molecule has 0 amide bonds.